The van der Waals surface area contributed by atoms with Crippen LogP contribution in [0.4, 0.5) is 0 Å². The molecule has 4 heterocycles. The van der Waals surface area contributed by atoms with Gasteiger partial charge in [-0.15, -0.1) is 5.10 Å². The monoisotopic (exact) mass is 354 g/mol. The van der Waals surface area contributed by atoms with Gasteiger partial charge >= 0.3 is 0 Å². The van der Waals surface area contributed by atoms with Crippen LogP contribution in [0.15, 0.2) is 42.6 Å². The van der Waals surface area contributed by atoms with Gasteiger partial charge in [0.1, 0.15) is 17.6 Å². The summed E-state index contributed by atoms with van der Waals surface area (Å²) < 4.78 is 2.04. The topological polar surface area (TPSA) is 83.2 Å². The smallest absolute Gasteiger partial charge is 0.197 e. The first-order valence-electron chi connectivity index (χ1n) is 9.12. The third-order valence-corrected chi connectivity index (χ3v) is 5.30. The van der Waals surface area contributed by atoms with E-state index in [1.165, 1.54) is 11.1 Å². The Morgan fingerprint density at radius 2 is 2.15 bits per heavy atom. The quantitative estimate of drug-likeness (QED) is 0.591. The van der Waals surface area contributed by atoms with Crippen molar-refractivity contribution >= 4 is 10.9 Å². The average molecular weight is 354 g/mol. The van der Waals surface area contributed by atoms with Crippen LogP contribution in [0.5, 0.6) is 0 Å². The van der Waals surface area contributed by atoms with Crippen molar-refractivity contribution in [1.29, 1.82) is 5.26 Å². The number of H-pyrrole nitrogens is 1. The molecular formula is C21H18N6. The number of nitrogens with zero attached hydrogens (tertiary/aromatic N) is 5. The zero-order chi connectivity index (χ0) is 18.4. The minimum Gasteiger partial charge on any atom is -0.351 e. The molecule has 27 heavy (non-hydrogen) atoms. The van der Waals surface area contributed by atoms with Crippen LogP contribution in [0.1, 0.15) is 41.4 Å². The molecule has 0 aliphatic carbocycles. The first kappa shape index (κ1) is 15.8. The fourth-order valence-corrected chi connectivity index (χ4v) is 3.95. The Bertz CT molecular complexity index is 1190. The van der Waals surface area contributed by atoms with E-state index in [1.807, 2.05) is 10.7 Å². The number of hydrogen-bond donors (Lipinski definition) is 1. The molecule has 3 aromatic heterocycles. The molecule has 0 fully saturated rings. The van der Waals surface area contributed by atoms with Crippen LogP contribution in [-0.4, -0.2) is 24.7 Å². The third-order valence-electron chi connectivity index (χ3n) is 5.30. The first-order valence-corrected chi connectivity index (χ1v) is 9.12. The number of benzene rings is 1. The van der Waals surface area contributed by atoms with Crippen LogP contribution in [0, 0.1) is 18.3 Å². The van der Waals surface area contributed by atoms with E-state index < -0.39 is 0 Å². The predicted molar refractivity (Wildman–Crippen MR) is 102 cm³/mol. The SMILES string of the molecule is Cc1ccccc1C1CCCn2nc(-c3cc4cc(C#N)ncc4[nH]3)nc21. The molecule has 6 nitrogen and oxygen atoms in total. The minimum atomic E-state index is 0.275. The summed E-state index contributed by atoms with van der Waals surface area (Å²) in [5.74, 6) is 2.00. The minimum absolute atomic E-state index is 0.275. The predicted octanol–water partition coefficient (Wildman–Crippen LogP) is 3.93. The van der Waals surface area contributed by atoms with Gasteiger partial charge in [0.05, 0.1) is 17.4 Å². The molecule has 4 aromatic rings. The van der Waals surface area contributed by atoms with E-state index in [4.69, 9.17) is 15.3 Å². The molecule has 132 valence electrons. The number of aromatic nitrogens is 5. The Balaban J connectivity index is 1.59. The van der Waals surface area contributed by atoms with Crippen molar-refractivity contribution in [2.75, 3.05) is 0 Å². The average Bonchev–Trinajstić information content (AvgIpc) is 3.31. The molecule has 0 spiro atoms. The van der Waals surface area contributed by atoms with Gasteiger partial charge in [-0.05, 0) is 43.0 Å². The van der Waals surface area contributed by atoms with E-state index in [9.17, 15) is 0 Å². The highest BCUT2D eigenvalue weighted by atomic mass is 15.4. The Kier molecular flexibility index (Phi) is 3.54. The van der Waals surface area contributed by atoms with Gasteiger partial charge in [0.25, 0.3) is 0 Å². The van der Waals surface area contributed by atoms with Crippen molar-refractivity contribution in [2.45, 2.75) is 32.2 Å². The largest absolute Gasteiger partial charge is 0.351 e. The first-order chi connectivity index (χ1) is 13.2. The normalized spacial score (nSPS) is 16.2. The molecule has 1 aromatic carbocycles. The molecule has 1 aliphatic rings. The highest BCUT2D eigenvalue weighted by Crippen LogP contribution is 2.35. The Hall–Kier alpha value is -3.46. The maximum atomic E-state index is 9.04. The summed E-state index contributed by atoms with van der Waals surface area (Å²) in [6.07, 6.45) is 3.87. The molecule has 0 saturated heterocycles. The molecule has 0 bridgehead atoms. The van der Waals surface area contributed by atoms with Crippen molar-refractivity contribution in [3.8, 4) is 17.6 Å². The highest BCUT2D eigenvalue weighted by Gasteiger charge is 2.27. The Labute approximate surface area is 156 Å². The fourth-order valence-electron chi connectivity index (χ4n) is 3.95. The number of fused-ring (bicyclic) bond motifs is 2. The summed E-state index contributed by atoms with van der Waals surface area (Å²) in [6.45, 7) is 3.05. The number of aryl methyl sites for hydroxylation is 2. The van der Waals surface area contributed by atoms with Crippen LogP contribution < -0.4 is 0 Å². The number of aromatic amines is 1. The van der Waals surface area contributed by atoms with Gasteiger partial charge in [-0.2, -0.15) is 5.26 Å². The summed E-state index contributed by atoms with van der Waals surface area (Å²) in [5.41, 5.74) is 4.77. The van der Waals surface area contributed by atoms with E-state index in [-0.39, 0.29) is 5.92 Å². The van der Waals surface area contributed by atoms with Crippen molar-refractivity contribution in [2.24, 2.45) is 0 Å². The summed E-state index contributed by atoms with van der Waals surface area (Å²) >= 11 is 0. The van der Waals surface area contributed by atoms with Gasteiger partial charge in [-0.3, -0.25) is 0 Å². The molecule has 1 unspecified atom stereocenters. The standard InChI is InChI=1S/C21H18N6/c1-13-5-2-3-6-16(13)17-7-4-8-27-21(17)25-20(26-27)18-10-14-9-15(11-22)23-12-19(14)24-18/h2-3,5-6,9-10,12,17,24H,4,7-8H2,1H3. The number of nitrogens with one attached hydrogen (secondary N) is 1. The lowest BCUT2D eigenvalue weighted by Gasteiger charge is -2.23. The lowest BCUT2D eigenvalue weighted by molar-refractivity contribution is 0.445. The van der Waals surface area contributed by atoms with Gasteiger partial charge in [-0.1, -0.05) is 24.3 Å². The van der Waals surface area contributed by atoms with Crippen molar-refractivity contribution < 1.29 is 0 Å². The maximum absolute atomic E-state index is 9.04. The van der Waals surface area contributed by atoms with E-state index in [0.717, 1.165) is 41.8 Å². The summed E-state index contributed by atoms with van der Waals surface area (Å²) in [6, 6.07) is 14.4. The maximum Gasteiger partial charge on any atom is 0.197 e. The van der Waals surface area contributed by atoms with E-state index >= 15 is 0 Å². The molecule has 1 aliphatic heterocycles. The molecule has 0 radical (unpaired) electrons. The molecule has 1 atom stereocenters. The molecule has 5 rings (SSSR count). The summed E-state index contributed by atoms with van der Waals surface area (Å²) in [7, 11) is 0. The van der Waals surface area contributed by atoms with Crippen LogP contribution in [0.25, 0.3) is 22.4 Å². The lowest BCUT2D eigenvalue weighted by Crippen LogP contribution is -2.18. The van der Waals surface area contributed by atoms with Gasteiger partial charge < -0.3 is 4.98 Å². The zero-order valence-corrected chi connectivity index (χ0v) is 15.0. The summed E-state index contributed by atoms with van der Waals surface area (Å²) in [4.78, 5) is 12.3. The van der Waals surface area contributed by atoms with Gasteiger partial charge in [0, 0.05) is 17.8 Å². The van der Waals surface area contributed by atoms with Crippen LogP contribution in [-0.2, 0) is 6.54 Å². The number of nitriles is 1. The van der Waals surface area contributed by atoms with E-state index in [2.05, 4.69) is 47.2 Å². The zero-order valence-electron chi connectivity index (χ0n) is 15.0. The van der Waals surface area contributed by atoms with Crippen LogP contribution in [0.2, 0.25) is 0 Å². The summed E-state index contributed by atoms with van der Waals surface area (Å²) in [5, 5.41) is 14.7. The lowest BCUT2D eigenvalue weighted by atomic mass is 9.88. The number of pyridine rings is 1. The third kappa shape index (κ3) is 2.59. The van der Waals surface area contributed by atoms with E-state index in [0.29, 0.717) is 11.5 Å². The molecule has 0 amide bonds. The second kappa shape index (κ2) is 6.06. The van der Waals surface area contributed by atoms with Crippen LogP contribution in [0.3, 0.4) is 0 Å². The number of hydrogen-bond acceptors (Lipinski definition) is 4. The number of rotatable bonds is 2. The van der Waals surface area contributed by atoms with Crippen molar-refractivity contribution in [3.63, 3.8) is 0 Å². The van der Waals surface area contributed by atoms with Gasteiger partial charge in [0.2, 0.25) is 0 Å². The molecular weight excluding hydrogens is 336 g/mol. The Morgan fingerprint density at radius 3 is 3.00 bits per heavy atom. The highest BCUT2D eigenvalue weighted by molar-refractivity contribution is 5.84. The van der Waals surface area contributed by atoms with Gasteiger partial charge in [0.15, 0.2) is 5.82 Å². The molecule has 1 N–H and O–H groups in total. The second-order valence-corrected chi connectivity index (χ2v) is 7.02. The van der Waals surface area contributed by atoms with E-state index in [1.54, 1.807) is 12.3 Å². The van der Waals surface area contributed by atoms with Crippen molar-refractivity contribution in [3.05, 3.63) is 65.2 Å². The second-order valence-electron chi connectivity index (χ2n) is 7.02. The molecule has 0 saturated carbocycles. The van der Waals surface area contributed by atoms with Crippen LogP contribution >= 0.6 is 0 Å². The Morgan fingerprint density at radius 1 is 1.26 bits per heavy atom. The fraction of sp³-hybridized carbons (Fsp3) is 0.238. The molecule has 6 heteroatoms. The van der Waals surface area contributed by atoms with Crippen molar-refractivity contribution in [1.82, 2.24) is 24.7 Å². The van der Waals surface area contributed by atoms with Gasteiger partial charge in [-0.25, -0.2) is 14.6 Å².